The number of carboxylic acids is 2. The van der Waals surface area contributed by atoms with Crippen LogP contribution in [0.5, 0.6) is 0 Å². The van der Waals surface area contributed by atoms with Crippen LogP contribution in [0.4, 0.5) is 0 Å². The first-order valence-electron chi connectivity index (χ1n) is 13.0. The van der Waals surface area contributed by atoms with Crippen LogP contribution >= 0.6 is 11.8 Å². The molecule has 0 aromatic rings. The lowest BCUT2D eigenvalue weighted by Crippen LogP contribution is -2.42. The van der Waals surface area contributed by atoms with Crippen LogP contribution in [-0.2, 0) is 14.4 Å². The molecule has 0 heterocycles. The van der Waals surface area contributed by atoms with Gasteiger partial charge in [-0.1, -0.05) is 84.3 Å². The van der Waals surface area contributed by atoms with E-state index >= 15 is 0 Å². The predicted molar refractivity (Wildman–Crippen MR) is 142 cm³/mol. The summed E-state index contributed by atoms with van der Waals surface area (Å²) >= 11 is 1.46. The number of allylic oxidation sites excluding steroid dienone is 1. The molecule has 198 valence electrons. The van der Waals surface area contributed by atoms with Gasteiger partial charge in [-0.3, -0.25) is 9.59 Å². The molecule has 7 heteroatoms. The van der Waals surface area contributed by atoms with Crippen LogP contribution in [0.2, 0.25) is 0 Å². The predicted octanol–water partition coefficient (Wildman–Crippen LogP) is 6.54. The normalized spacial score (nSPS) is 14.6. The third-order valence-electron chi connectivity index (χ3n) is 6.17. The Labute approximate surface area is 211 Å². The zero-order valence-corrected chi connectivity index (χ0v) is 22.9. The van der Waals surface area contributed by atoms with Crippen molar-refractivity contribution in [1.82, 2.24) is 5.32 Å². The molecule has 0 aliphatic rings. The molecular weight excluding hydrogens is 450 g/mol. The fourth-order valence-corrected chi connectivity index (χ4v) is 4.86. The highest BCUT2D eigenvalue weighted by Crippen LogP contribution is 2.22. The summed E-state index contributed by atoms with van der Waals surface area (Å²) in [5, 5.41) is 20.3. The van der Waals surface area contributed by atoms with Crippen LogP contribution in [0.15, 0.2) is 11.6 Å². The van der Waals surface area contributed by atoms with Gasteiger partial charge in [-0.25, -0.2) is 4.79 Å². The Morgan fingerprint density at radius 1 is 0.824 bits per heavy atom. The van der Waals surface area contributed by atoms with E-state index in [4.69, 9.17) is 5.11 Å². The number of thioether (sulfide) groups is 1. The fourth-order valence-electron chi connectivity index (χ4n) is 3.86. The average Bonchev–Trinajstić information content (AvgIpc) is 2.73. The second kappa shape index (κ2) is 19.8. The van der Waals surface area contributed by atoms with E-state index < -0.39 is 23.9 Å². The number of carboxylic acid groups (broad SMARTS) is 2. The first kappa shape index (κ1) is 32.5. The summed E-state index contributed by atoms with van der Waals surface area (Å²) in [7, 11) is 0. The van der Waals surface area contributed by atoms with Gasteiger partial charge < -0.3 is 15.5 Å². The highest BCUT2D eigenvalue weighted by molar-refractivity contribution is 7.99. The fraction of sp³-hybridized carbons (Fsp3) is 0.815. The highest BCUT2D eigenvalue weighted by Gasteiger charge is 2.20. The van der Waals surface area contributed by atoms with Gasteiger partial charge >= 0.3 is 11.9 Å². The van der Waals surface area contributed by atoms with Crippen molar-refractivity contribution >= 4 is 29.6 Å². The Bertz CT molecular complexity index is 620. The third-order valence-corrected chi connectivity index (χ3v) is 7.15. The van der Waals surface area contributed by atoms with Crippen LogP contribution in [0, 0.1) is 17.8 Å². The molecule has 0 aliphatic carbocycles. The van der Waals surface area contributed by atoms with Gasteiger partial charge in [0.1, 0.15) is 6.04 Å². The van der Waals surface area contributed by atoms with Crippen molar-refractivity contribution in [2.75, 3.05) is 11.5 Å². The molecule has 0 saturated heterocycles. The van der Waals surface area contributed by atoms with Crippen LogP contribution in [0.1, 0.15) is 105 Å². The summed E-state index contributed by atoms with van der Waals surface area (Å²) in [5.41, 5.74) is 1.32. The minimum absolute atomic E-state index is 0.210. The van der Waals surface area contributed by atoms with Crippen molar-refractivity contribution in [2.24, 2.45) is 17.8 Å². The van der Waals surface area contributed by atoms with Gasteiger partial charge in [0.2, 0.25) is 5.91 Å². The van der Waals surface area contributed by atoms with Gasteiger partial charge in [-0.15, -0.1) is 0 Å². The largest absolute Gasteiger partial charge is 0.481 e. The summed E-state index contributed by atoms with van der Waals surface area (Å²) in [6.07, 6.45) is 13.1. The van der Waals surface area contributed by atoms with Crippen LogP contribution < -0.4 is 5.32 Å². The van der Waals surface area contributed by atoms with Crippen LogP contribution in [-0.4, -0.2) is 45.6 Å². The van der Waals surface area contributed by atoms with Crippen LogP contribution in [0.3, 0.4) is 0 Å². The summed E-state index contributed by atoms with van der Waals surface area (Å²) < 4.78 is 0. The molecule has 34 heavy (non-hydrogen) atoms. The molecule has 0 aromatic carbocycles. The molecule has 0 bridgehead atoms. The summed E-state index contributed by atoms with van der Waals surface area (Å²) in [5.74, 6) is 0.643. The maximum absolute atomic E-state index is 11.7. The van der Waals surface area contributed by atoms with Gasteiger partial charge in [0.05, 0.1) is 6.42 Å². The number of carbonyl (C=O) groups excluding carboxylic acids is 1. The summed E-state index contributed by atoms with van der Waals surface area (Å²) in [4.78, 5) is 33.5. The maximum atomic E-state index is 11.7. The maximum Gasteiger partial charge on any atom is 0.327 e. The molecule has 6 nitrogen and oxygen atoms in total. The molecule has 1 amide bonds. The van der Waals surface area contributed by atoms with E-state index in [1.807, 2.05) is 0 Å². The lowest BCUT2D eigenvalue weighted by molar-refractivity contribution is -0.141. The van der Waals surface area contributed by atoms with E-state index in [9.17, 15) is 19.5 Å². The Morgan fingerprint density at radius 2 is 1.38 bits per heavy atom. The zero-order valence-electron chi connectivity index (χ0n) is 22.1. The molecule has 2 unspecified atom stereocenters. The summed E-state index contributed by atoms with van der Waals surface area (Å²) in [6.45, 7) is 11.5. The second-order valence-electron chi connectivity index (χ2n) is 10.3. The zero-order chi connectivity index (χ0) is 25.9. The number of aliphatic carboxylic acids is 2. The van der Waals surface area contributed by atoms with E-state index in [0.29, 0.717) is 5.75 Å². The molecule has 0 radical (unpaired) electrons. The number of amides is 1. The first-order chi connectivity index (χ1) is 16.0. The molecule has 0 rings (SSSR count). The Hall–Kier alpha value is -1.50. The molecule has 0 fully saturated rings. The van der Waals surface area contributed by atoms with Gasteiger partial charge in [-0.2, -0.15) is 11.8 Å². The van der Waals surface area contributed by atoms with E-state index in [1.165, 1.54) is 68.7 Å². The molecular formula is C27H49NO5S. The molecule has 0 spiro atoms. The number of hydrogen-bond donors (Lipinski definition) is 3. The Balaban J connectivity index is 3.99. The second-order valence-corrected chi connectivity index (χ2v) is 11.4. The first-order valence-corrected chi connectivity index (χ1v) is 14.1. The SMILES string of the molecule is C/C(=C\CSC[C@@H](NC(=O)CCC(=O)O)C(=O)O)CCCC(C)CCCC(C)CCCC(C)C. The molecule has 0 saturated carbocycles. The quantitative estimate of drug-likeness (QED) is 0.122. The third kappa shape index (κ3) is 19.9. The van der Waals surface area contributed by atoms with Crippen molar-refractivity contribution in [1.29, 1.82) is 0 Å². The van der Waals surface area contributed by atoms with Crippen LogP contribution in [0.25, 0.3) is 0 Å². The molecule has 0 aliphatic heterocycles. The van der Waals surface area contributed by atoms with Crippen molar-refractivity contribution < 1.29 is 24.6 Å². The van der Waals surface area contributed by atoms with Gasteiger partial charge in [-0.05, 0) is 37.5 Å². The Kier molecular flexibility index (Phi) is 18.9. The van der Waals surface area contributed by atoms with Gasteiger partial charge in [0.15, 0.2) is 0 Å². The van der Waals surface area contributed by atoms with Gasteiger partial charge in [0.25, 0.3) is 0 Å². The lowest BCUT2D eigenvalue weighted by atomic mass is 9.91. The standard InChI is InChI=1S/C27H49NO5S/c1-20(2)9-6-10-21(3)11-7-12-22(4)13-8-14-23(5)17-18-34-19-24(27(32)33)28-25(29)15-16-26(30)31/h17,20-22,24H,6-16,18-19H2,1-5H3,(H,28,29)(H,30,31)(H,32,33)/b23-17+/t21?,22?,24-/m1/s1. The lowest BCUT2D eigenvalue weighted by Gasteiger charge is -2.15. The smallest absolute Gasteiger partial charge is 0.327 e. The van der Waals surface area contributed by atoms with Crippen molar-refractivity contribution in [3.8, 4) is 0 Å². The van der Waals surface area contributed by atoms with E-state index in [-0.39, 0.29) is 18.6 Å². The van der Waals surface area contributed by atoms with E-state index in [2.05, 4.69) is 46.0 Å². The molecule has 0 aromatic heterocycles. The molecule has 3 atom stereocenters. The highest BCUT2D eigenvalue weighted by atomic mass is 32.2. The van der Waals surface area contributed by atoms with E-state index in [1.54, 1.807) is 0 Å². The topological polar surface area (TPSA) is 104 Å². The Morgan fingerprint density at radius 3 is 1.91 bits per heavy atom. The number of nitrogens with one attached hydrogen (secondary N) is 1. The number of hydrogen-bond acceptors (Lipinski definition) is 4. The minimum atomic E-state index is -1.10. The van der Waals surface area contributed by atoms with Gasteiger partial charge in [0, 0.05) is 17.9 Å². The average molecular weight is 500 g/mol. The number of carbonyl (C=O) groups is 3. The monoisotopic (exact) mass is 499 g/mol. The van der Waals surface area contributed by atoms with E-state index in [0.717, 1.165) is 24.2 Å². The minimum Gasteiger partial charge on any atom is -0.481 e. The van der Waals surface area contributed by atoms with Crippen molar-refractivity contribution in [3.63, 3.8) is 0 Å². The van der Waals surface area contributed by atoms with Crippen molar-refractivity contribution in [2.45, 2.75) is 111 Å². The number of rotatable bonds is 21. The molecule has 3 N–H and O–H groups in total. The van der Waals surface area contributed by atoms with Crippen molar-refractivity contribution in [3.05, 3.63) is 11.6 Å². The summed E-state index contributed by atoms with van der Waals surface area (Å²) in [6, 6.07) is -1.00.